The lowest BCUT2D eigenvalue weighted by Gasteiger charge is -2.04. The van der Waals surface area contributed by atoms with E-state index in [1.165, 1.54) is 6.20 Å². The van der Waals surface area contributed by atoms with Crippen molar-refractivity contribution in [2.24, 2.45) is 0 Å². The van der Waals surface area contributed by atoms with Gasteiger partial charge in [-0.05, 0) is 25.1 Å². The van der Waals surface area contributed by atoms with Gasteiger partial charge in [0, 0.05) is 12.3 Å². The van der Waals surface area contributed by atoms with Gasteiger partial charge in [0.25, 0.3) is 0 Å². The lowest BCUT2D eigenvalue weighted by molar-refractivity contribution is 0.0525. The molecule has 2 aromatic heterocycles. The number of ether oxygens (including phenoxy) is 2. The molecule has 0 saturated heterocycles. The van der Waals surface area contributed by atoms with Crippen LogP contribution in [-0.4, -0.2) is 17.6 Å². The zero-order valence-electron chi connectivity index (χ0n) is 9.96. The minimum absolute atomic E-state index is 0.304. The molecule has 2 rings (SSSR count). The highest BCUT2D eigenvalue weighted by molar-refractivity contribution is 5.89. The number of hydrogen-bond donors (Lipinski definition) is 0. The lowest BCUT2D eigenvalue weighted by atomic mass is 10.3. The Morgan fingerprint density at radius 3 is 2.89 bits per heavy atom. The summed E-state index contributed by atoms with van der Waals surface area (Å²) >= 11 is 0. The van der Waals surface area contributed by atoms with Crippen LogP contribution in [0.15, 0.2) is 41.1 Å². The van der Waals surface area contributed by atoms with E-state index in [0.717, 1.165) is 0 Å². The number of rotatable bonds is 5. The first kappa shape index (κ1) is 12.2. The van der Waals surface area contributed by atoms with Gasteiger partial charge < -0.3 is 13.9 Å². The topological polar surface area (TPSA) is 61.6 Å². The summed E-state index contributed by atoms with van der Waals surface area (Å²) in [6.45, 7) is 2.40. The number of carbonyl (C=O) groups is 1. The van der Waals surface area contributed by atoms with Crippen LogP contribution in [0, 0.1) is 0 Å². The smallest absolute Gasteiger partial charge is 0.339 e. The fourth-order valence-electron chi connectivity index (χ4n) is 1.34. The maximum Gasteiger partial charge on any atom is 0.339 e. The highest BCUT2D eigenvalue weighted by Crippen LogP contribution is 2.11. The second kappa shape index (κ2) is 5.86. The molecule has 0 aliphatic carbocycles. The second-order valence-electron chi connectivity index (χ2n) is 3.47. The van der Waals surface area contributed by atoms with Crippen molar-refractivity contribution in [3.8, 4) is 5.88 Å². The van der Waals surface area contributed by atoms with Gasteiger partial charge in [-0.1, -0.05) is 0 Å². The molecule has 0 aliphatic rings. The molecule has 0 unspecified atom stereocenters. The molecular weight excluding hydrogens is 234 g/mol. The number of carbonyl (C=O) groups excluding carboxylic acids is 1. The largest absolute Gasteiger partial charge is 0.469 e. The maximum absolute atomic E-state index is 11.4. The zero-order chi connectivity index (χ0) is 12.8. The Hall–Kier alpha value is -2.30. The molecule has 5 nitrogen and oxygen atoms in total. The molecule has 2 aromatic rings. The molecule has 5 heteroatoms. The van der Waals surface area contributed by atoms with Crippen molar-refractivity contribution in [1.82, 2.24) is 4.98 Å². The summed E-state index contributed by atoms with van der Waals surface area (Å²) in [4.78, 5) is 15.4. The molecule has 0 saturated carbocycles. The molecule has 0 aromatic carbocycles. The van der Waals surface area contributed by atoms with Crippen molar-refractivity contribution in [2.45, 2.75) is 13.5 Å². The van der Waals surface area contributed by atoms with E-state index in [2.05, 4.69) is 4.98 Å². The summed E-state index contributed by atoms with van der Waals surface area (Å²) in [6, 6.07) is 6.83. The molecule has 0 amide bonds. The standard InChI is InChI=1S/C13H13NO4/c1-2-16-13(15)10-5-6-12(14-8-10)18-9-11-4-3-7-17-11/h3-8H,2,9H2,1H3. The molecule has 94 valence electrons. The Kier molecular flexibility index (Phi) is 3.96. The second-order valence-corrected chi connectivity index (χ2v) is 3.47. The third-order valence-corrected chi connectivity index (χ3v) is 2.19. The summed E-state index contributed by atoms with van der Waals surface area (Å²) in [7, 11) is 0. The summed E-state index contributed by atoms with van der Waals surface area (Å²) in [5, 5.41) is 0. The third-order valence-electron chi connectivity index (χ3n) is 2.19. The molecule has 0 fully saturated rings. The van der Waals surface area contributed by atoms with E-state index >= 15 is 0 Å². The summed E-state index contributed by atoms with van der Waals surface area (Å²) < 4.78 is 15.4. The van der Waals surface area contributed by atoms with Gasteiger partial charge in [-0.25, -0.2) is 9.78 Å². The van der Waals surface area contributed by atoms with E-state index in [1.54, 1.807) is 31.4 Å². The summed E-state index contributed by atoms with van der Waals surface area (Å²) in [5.74, 6) is 0.758. The summed E-state index contributed by atoms with van der Waals surface area (Å²) in [5.41, 5.74) is 0.405. The molecule has 0 spiro atoms. The highest BCUT2D eigenvalue weighted by atomic mass is 16.5. The third kappa shape index (κ3) is 3.10. The normalized spacial score (nSPS) is 10.1. The van der Waals surface area contributed by atoms with E-state index in [9.17, 15) is 4.79 Å². The molecule has 0 radical (unpaired) electrons. The monoisotopic (exact) mass is 247 g/mol. The first-order valence-corrected chi connectivity index (χ1v) is 5.58. The van der Waals surface area contributed by atoms with Crippen LogP contribution in [-0.2, 0) is 11.3 Å². The molecule has 18 heavy (non-hydrogen) atoms. The van der Waals surface area contributed by atoms with E-state index in [0.29, 0.717) is 30.4 Å². The number of nitrogens with zero attached hydrogens (tertiary/aromatic N) is 1. The predicted molar refractivity (Wildman–Crippen MR) is 63.2 cm³/mol. The minimum Gasteiger partial charge on any atom is -0.469 e. The predicted octanol–water partition coefficient (Wildman–Crippen LogP) is 2.43. The quantitative estimate of drug-likeness (QED) is 0.759. The van der Waals surface area contributed by atoms with Gasteiger partial charge >= 0.3 is 5.97 Å². The van der Waals surface area contributed by atoms with E-state index in [1.807, 2.05) is 6.07 Å². The Morgan fingerprint density at radius 2 is 2.28 bits per heavy atom. The van der Waals surface area contributed by atoms with Crippen LogP contribution in [0.5, 0.6) is 5.88 Å². The maximum atomic E-state index is 11.4. The van der Waals surface area contributed by atoms with Crippen molar-refractivity contribution in [3.05, 3.63) is 48.0 Å². The summed E-state index contributed by atoms with van der Waals surface area (Å²) in [6.07, 6.45) is 3.01. The number of aromatic nitrogens is 1. The average molecular weight is 247 g/mol. The lowest BCUT2D eigenvalue weighted by Crippen LogP contribution is -2.05. The van der Waals surface area contributed by atoms with Crippen LogP contribution in [0.1, 0.15) is 23.0 Å². The average Bonchev–Trinajstić information content (AvgIpc) is 2.90. The molecular formula is C13H13NO4. The van der Waals surface area contributed by atoms with Gasteiger partial charge in [-0.3, -0.25) is 0 Å². The first-order chi connectivity index (χ1) is 8.79. The van der Waals surface area contributed by atoms with Crippen molar-refractivity contribution in [3.63, 3.8) is 0 Å². The van der Waals surface area contributed by atoms with Crippen molar-refractivity contribution in [2.75, 3.05) is 6.61 Å². The molecule has 0 aliphatic heterocycles. The Morgan fingerprint density at radius 1 is 1.39 bits per heavy atom. The number of esters is 1. The van der Waals surface area contributed by atoms with Gasteiger partial charge in [0.15, 0.2) is 0 Å². The Bertz CT molecular complexity index is 490. The van der Waals surface area contributed by atoms with Crippen LogP contribution in [0.2, 0.25) is 0 Å². The van der Waals surface area contributed by atoms with Crippen LogP contribution in [0.25, 0.3) is 0 Å². The SMILES string of the molecule is CCOC(=O)c1ccc(OCc2ccco2)nc1. The van der Waals surface area contributed by atoms with E-state index in [4.69, 9.17) is 13.9 Å². The molecule has 0 bridgehead atoms. The van der Waals surface area contributed by atoms with Gasteiger partial charge in [0.05, 0.1) is 18.4 Å². The van der Waals surface area contributed by atoms with Crippen LogP contribution in [0.4, 0.5) is 0 Å². The van der Waals surface area contributed by atoms with Crippen LogP contribution in [0.3, 0.4) is 0 Å². The van der Waals surface area contributed by atoms with Gasteiger partial charge in [-0.2, -0.15) is 0 Å². The van der Waals surface area contributed by atoms with Crippen molar-refractivity contribution in [1.29, 1.82) is 0 Å². The number of hydrogen-bond acceptors (Lipinski definition) is 5. The van der Waals surface area contributed by atoms with Gasteiger partial charge in [-0.15, -0.1) is 0 Å². The zero-order valence-corrected chi connectivity index (χ0v) is 9.96. The van der Waals surface area contributed by atoms with Crippen molar-refractivity contribution < 1.29 is 18.7 Å². The van der Waals surface area contributed by atoms with Gasteiger partial charge in [0.2, 0.25) is 5.88 Å². The first-order valence-electron chi connectivity index (χ1n) is 5.58. The molecule has 2 heterocycles. The Labute approximate surface area is 104 Å². The van der Waals surface area contributed by atoms with Crippen molar-refractivity contribution >= 4 is 5.97 Å². The van der Waals surface area contributed by atoms with E-state index in [-0.39, 0.29) is 5.97 Å². The number of furan rings is 1. The fourth-order valence-corrected chi connectivity index (χ4v) is 1.34. The molecule has 0 atom stereocenters. The Balaban J connectivity index is 1.93. The minimum atomic E-state index is -0.386. The number of pyridine rings is 1. The van der Waals surface area contributed by atoms with Gasteiger partial charge in [0.1, 0.15) is 12.4 Å². The molecule has 0 N–H and O–H groups in total. The van der Waals surface area contributed by atoms with E-state index < -0.39 is 0 Å². The fraction of sp³-hybridized carbons (Fsp3) is 0.231. The van der Waals surface area contributed by atoms with Crippen LogP contribution < -0.4 is 4.74 Å². The highest BCUT2D eigenvalue weighted by Gasteiger charge is 2.07. The van der Waals surface area contributed by atoms with Crippen LogP contribution >= 0.6 is 0 Å².